The average Bonchev–Trinajstić information content (AvgIpc) is 3.35. The number of fused-ring (bicyclic) bond motifs is 1. The zero-order valence-corrected chi connectivity index (χ0v) is 22.1. The molecule has 0 unspecified atom stereocenters. The lowest BCUT2D eigenvalue weighted by Gasteiger charge is -2.36. The molecule has 1 amide bonds. The lowest BCUT2D eigenvalue weighted by Crippen LogP contribution is -2.48. The Balaban J connectivity index is 1.42. The number of furan rings is 1. The fourth-order valence-electron chi connectivity index (χ4n) is 5.14. The first-order valence-electron chi connectivity index (χ1n) is 13.0. The van der Waals surface area contributed by atoms with Gasteiger partial charge in [0.25, 0.3) is 0 Å². The van der Waals surface area contributed by atoms with Crippen LogP contribution in [0.25, 0.3) is 27.7 Å². The Labute approximate surface area is 219 Å². The molecule has 0 N–H and O–H groups in total. The minimum absolute atomic E-state index is 0.0390. The molecular formula is C32H34N2O3. The maximum Gasteiger partial charge on any atom is 0.246 e. The summed E-state index contributed by atoms with van der Waals surface area (Å²) < 4.78 is 12.1. The van der Waals surface area contributed by atoms with E-state index < -0.39 is 0 Å². The van der Waals surface area contributed by atoms with Gasteiger partial charge in [-0.05, 0) is 62.6 Å². The zero-order valence-electron chi connectivity index (χ0n) is 22.1. The number of hydrogen-bond acceptors (Lipinski definition) is 4. The number of nitrogens with zero attached hydrogens (tertiary/aromatic N) is 2. The Bertz CT molecular complexity index is 1440. The normalized spacial score (nSPS) is 14.3. The van der Waals surface area contributed by atoms with E-state index in [1.807, 2.05) is 50.1 Å². The molecule has 0 aliphatic carbocycles. The van der Waals surface area contributed by atoms with Gasteiger partial charge in [-0.1, -0.05) is 42.5 Å². The Morgan fingerprint density at radius 2 is 1.76 bits per heavy atom. The van der Waals surface area contributed by atoms with Crippen LogP contribution in [0.5, 0.6) is 5.75 Å². The number of aryl methyl sites for hydroxylation is 2. The maximum atomic E-state index is 13.3. The molecule has 5 rings (SSSR count). The van der Waals surface area contributed by atoms with Gasteiger partial charge in [-0.3, -0.25) is 4.79 Å². The first kappa shape index (κ1) is 24.7. The Morgan fingerprint density at radius 1 is 1.00 bits per heavy atom. The standard InChI is InChI=1S/C32H34N2O3/c1-5-36-31-24(4)32-28(29(21-37-32)25-11-7-6-8-12-25)20-27(31)23(3)19-30(35)34-16-14-33(15-17-34)26-13-9-10-22(2)18-26/h6-13,18-21H,5,14-17H2,1-4H3/b23-19+. The Kier molecular flexibility index (Phi) is 7.04. The number of rotatable bonds is 6. The van der Waals surface area contributed by atoms with Crippen LogP contribution >= 0.6 is 0 Å². The fourth-order valence-corrected chi connectivity index (χ4v) is 5.14. The third-order valence-corrected chi connectivity index (χ3v) is 7.14. The van der Waals surface area contributed by atoms with Gasteiger partial charge in [-0.25, -0.2) is 0 Å². The van der Waals surface area contributed by atoms with Gasteiger partial charge in [0, 0.05) is 60.0 Å². The number of carbonyl (C=O) groups excluding carboxylic acids is 1. The smallest absolute Gasteiger partial charge is 0.246 e. The summed E-state index contributed by atoms with van der Waals surface area (Å²) in [6, 6.07) is 20.9. The molecule has 190 valence electrons. The molecule has 5 nitrogen and oxygen atoms in total. The number of amides is 1. The highest BCUT2D eigenvalue weighted by Gasteiger charge is 2.22. The molecule has 37 heavy (non-hydrogen) atoms. The van der Waals surface area contributed by atoms with Gasteiger partial charge in [0.2, 0.25) is 5.91 Å². The van der Waals surface area contributed by atoms with Crippen molar-refractivity contribution >= 4 is 28.1 Å². The summed E-state index contributed by atoms with van der Waals surface area (Å²) in [6.07, 6.45) is 3.57. The number of hydrogen-bond donors (Lipinski definition) is 0. The SMILES string of the molecule is CCOc1c(/C(C)=C/C(=O)N2CCN(c3cccc(C)c3)CC2)cc2c(-c3ccccc3)coc2c1C. The summed E-state index contributed by atoms with van der Waals surface area (Å²) in [5, 5.41) is 1.02. The number of ether oxygens (including phenoxy) is 1. The van der Waals surface area contributed by atoms with Gasteiger partial charge in [0.1, 0.15) is 11.3 Å². The van der Waals surface area contributed by atoms with Crippen molar-refractivity contribution in [2.45, 2.75) is 27.7 Å². The first-order chi connectivity index (χ1) is 18.0. The van der Waals surface area contributed by atoms with E-state index in [2.05, 4.69) is 54.3 Å². The molecule has 3 aromatic carbocycles. The van der Waals surface area contributed by atoms with E-state index in [9.17, 15) is 4.79 Å². The monoisotopic (exact) mass is 494 g/mol. The average molecular weight is 495 g/mol. The van der Waals surface area contributed by atoms with E-state index in [0.29, 0.717) is 19.7 Å². The van der Waals surface area contributed by atoms with Crippen LogP contribution in [-0.4, -0.2) is 43.6 Å². The Morgan fingerprint density at radius 3 is 2.46 bits per heavy atom. The van der Waals surface area contributed by atoms with E-state index in [4.69, 9.17) is 9.15 Å². The van der Waals surface area contributed by atoms with Crippen LogP contribution in [0.3, 0.4) is 0 Å². The highest BCUT2D eigenvalue weighted by Crippen LogP contribution is 2.40. The zero-order chi connectivity index (χ0) is 25.9. The lowest BCUT2D eigenvalue weighted by molar-refractivity contribution is -0.126. The molecule has 1 aliphatic rings. The molecule has 0 bridgehead atoms. The minimum Gasteiger partial charge on any atom is -0.493 e. The number of anilines is 1. The number of piperazine rings is 1. The van der Waals surface area contributed by atoms with Gasteiger partial charge in [0.15, 0.2) is 0 Å². The van der Waals surface area contributed by atoms with E-state index in [0.717, 1.165) is 57.6 Å². The number of allylic oxidation sites excluding steroid dienone is 1. The van der Waals surface area contributed by atoms with Gasteiger partial charge < -0.3 is 19.0 Å². The summed E-state index contributed by atoms with van der Waals surface area (Å²) in [5.74, 6) is 0.812. The predicted octanol–water partition coefficient (Wildman–Crippen LogP) is 6.87. The quantitative estimate of drug-likeness (QED) is 0.275. The molecule has 1 aliphatic heterocycles. The number of carbonyl (C=O) groups is 1. The summed E-state index contributed by atoms with van der Waals surface area (Å²) in [5.41, 5.74) is 8.19. The van der Waals surface area contributed by atoms with Crippen LogP contribution in [0.15, 0.2) is 77.4 Å². The first-order valence-corrected chi connectivity index (χ1v) is 13.0. The summed E-state index contributed by atoms with van der Waals surface area (Å²) >= 11 is 0. The summed E-state index contributed by atoms with van der Waals surface area (Å²) in [6.45, 7) is 11.7. The van der Waals surface area contributed by atoms with Gasteiger partial charge in [-0.2, -0.15) is 0 Å². The van der Waals surface area contributed by atoms with Crippen LogP contribution in [0.4, 0.5) is 5.69 Å². The predicted molar refractivity (Wildman–Crippen MR) is 151 cm³/mol. The molecular weight excluding hydrogens is 460 g/mol. The van der Waals surface area contributed by atoms with Crippen molar-refractivity contribution in [3.63, 3.8) is 0 Å². The van der Waals surface area contributed by atoms with Crippen LogP contribution in [-0.2, 0) is 4.79 Å². The van der Waals surface area contributed by atoms with Crippen molar-refractivity contribution in [3.8, 4) is 16.9 Å². The molecule has 1 fully saturated rings. The van der Waals surface area contributed by atoms with Crippen molar-refractivity contribution in [1.82, 2.24) is 4.90 Å². The second kappa shape index (κ2) is 10.6. The topological polar surface area (TPSA) is 45.9 Å². The second-order valence-corrected chi connectivity index (χ2v) is 9.68. The molecule has 0 atom stereocenters. The van der Waals surface area contributed by atoms with Crippen molar-refractivity contribution in [1.29, 1.82) is 0 Å². The van der Waals surface area contributed by atoms with Crippen molar-refractivity contribution in [3.05, 3.63) is 89.7 Å². The molecule has 4 aromatic rings. The van der Waals surface area contributed by atoms with Crippen molar-refractivity contribution in [2.24, 2.45) is 0 Å². The fraction of sp³-hybridized carbons (Fsp3) is 0.281. The van der Waals surface area contributed by atoms with E-state index in [1.165, 1.54) is 11.3 Å². The molecule has 1 saturated heterocycles. The van der Waals surface area contributed by atoms with Gasteiger partial charge in [0.05, 0.1) is 12.9 Å². The van der Waals surface area contributed by atoms with Gasteiger partial charge >= 0.3 is 0 Å². The summed E-state index contributed by atoms with van der Waals surface area (Å²) in [4.78, 5) is 17.6. The third kappa shape index (κ3) is 4.99. The third-order valence-electron chi connectivity index (χ3n) is 7.14. The van der Waals surface area contributed by atoms with Crippen LogP contribution < -0.4 is 9.64 Å². The van der Waals surface area contributed by atoms with Crippen molar-refractivity contribution < 1.29 is 13.9 Å². The largest absolute Gasteiger partial charge is 0.493 e. The van der Waals surface area contributed by atoms with Crippen LogP contribution in [0.2, 0.25) is 0 Å². The molecule has 0 radical (unpaired) electrons. The highest BCUT2D eigenvalue weighted by molar-refractivity contribution is 6.01. The van der Waals surface area contributed by atoms with Crippen molar-refractivity contribution in [2.75, 3.05) is 37.7 Å². The minimum atomic E-state index is 0.0390. The number of benzene rings is 3. The molecule has 0 saturated carbocycles. The lowest BCUT2D eigenvalue weighted by atomic mass is 9.96. The van der Waals surface area contributed by atoms with Crippen LogP contribution in [0, 0.1) is 13.8 Å². The van der Waals surface area contributed by atoms with Crippen LogP contribution in [0.1, 0.15) is 30.5 Å². The van der Waals surface area contributed by atoms with E-state index >= 15 is 0 Å². The Hall–Kier alpha value is -3.99. The highest BCUT2D eigenvalue weighted by atomic mass is 16.5. The molecule has 2 heterocycles. The molecule has 1 aromatic heterocycles. The second-order valence-electron chi connectivity index (χ2n) is 9.68. The van der Waals surface area contributed by atoms with E-state index in [-0.39, 0.29) is 5.91 Å². The van der Waals surface area contributed by atoms with E-state index in [1.54, 1.807) is 6.08 Å². The van der Waals surface area contributed by atoms with Gasteiger partial charge in [-0.15, -0.1) is 0 Å². The molecule has 0 spiro atoms. The maximum absolute atomic E-state index is 13.3. The molecule has 5 heteroatoms. The summed E-state index contributed by atoms with van der Waals surface area (Å²) in [7, 11) is 0.